The van der Waals surface area contributed by atoms with Gasteiger partial charge in [0.2, 0.25) is 0 Å². The van der Waals surface area contributed by atoms with Crippen LogP contribution in [0.1, 0.15) is 43.7 Å². The van der Waals surface area contributed by atoms with Crippen molar-refractivity contribution >= 4 is 11.8 Å². The number of carbonyl (C=O) groups is 1. The van der Waals surface area contributed by atoms with Crippen molar-refractivity contribution in [3.05, 3.63) is 29.3 Å². The van der Waals surface area contributed by atoms with Gasteiger partial charge in [-0.2, -0.15) is 0 Å². The molecule has 104 valence electrons. The summed E-state index contributed by atoms with van der Waals surface area (Å²) in [6, 6.07) is 5.97. The number of ether oxygens (including phenoxy) is 1. The maximum Gasteiger partial charge on any atom is 0.411 e. The molecule has 0 heterocycles. The molecule has 2 atom stereocenters. The van der Waals surface area contributed by atoms with Crippen LogP contribution in [0.2, 0.25) is 0 Å². The zero-order valence-corrected chi connectivity index (χ0v) is 12.0. The van der Waals surface area contributed by atoms with Gasteiger partial charge in [-0.3, -0.25) is 5.32 Å². The lowest BCUT2D eigenvalue weighted by Gasteiger charge is -2.28. The summed E-state index contributed by atoms with van der Waals surface area (Å²) in [7, 11) is 0. The summed E-state index contributed by atoms with van der Waals surface area (Å²) in [5.41, 5.74) is 3.09. The first kappa shape index (κ1) is 13.9. The van der Waals surface area contributed by atoms with Crippen molar-refractivity contribution in [2.24, 2.45) is 5.92 Å². The standard InChI is InChI=1S/C16H23NO2/c1-11-8-9-14(13(3)10-11)17-16(18)19-15-7-5-4-6-12(15)2/h8-10,12,15H,4-7H2,1-3H3,(H,17,18)/t12-,15+/m1/s1. The van der Waals surface area contributed by atoms with Crippen LogP contribution in [0.3, 0.4) is 0 Å². The Morgan fingerprint density at radius 1 is 1.26 bits per heavy atom. The van der Waals surface area contributed by atoms with Crippen molar-refractivity contribution in [1.29, 1.82) is 0 Å². The first-order chi connectivity index (χ1) is 9.06. The Kier molecular flexibility index (Phi) is 4.46. The molecule has 0 radical (unpaired) electrons. The fourth-order valence-corrected chi connectivity index (χ4v) is 2.69. The predicted molar refractivity (Wildman–Crippen MR) is 77.4 cm³/mol. The van der Waals surface area contributed by atoms with Gasteiger partial charge in [0.25, 0.3) is 0 Å². The highest BCUT2D eigenvalue weighted by Gasteiger charge is 2.24. The van der Waals surface area contributed by atoms with Gasteiger partial charge in [-0.15, -0.1) is 0 Å². The molecule has 19 heavy (non-hydrogen) atoms. The molecule has 1 saturated carbocycles. The van der Waals surface area contributed by atoms with Gasteiger partial charge in [-0.25, -0.2) is 4.79 Å². The topological polar surface area (TPSA) is 38.3 Å². The molecular weight excluding hydrogens is 238 g/mol. The number of aryl methyl sites for hydroxylation is 2. The first-order valence-corrected chi connectivity index (χ1v) is 7.11. The molecular formula is C16H23NO2. The minimum Gasteiger partial charge on any atom is -0.446 e. The summed E-state index contributed by atoms with van der Waals surface area (Å²) in [5, 5.41) is 2.84. The smallest absolute Gasteiger partial charge is 0.411 e. The fourth-order valence-electron chi connectivity index (χ4n) is 2.69. The third kappa shape index (κ3) is 3.72. The Bertz CT molecular complexity index is 456. The zero-order valence-electron chi connectivity index (χ0n) is 12.0. The molecule has 3 nitrogen and oxygen atoms in total. The Hall–Kier alpha value is -1.51. The highest BCUT2D eigenvalue weighted by atomic mass is 16.6. The SMILES string of the molecule is Cc1ccc(NC(=O)O[C@H]2CCCC[C@H]2C)c(C)c1. The molecule has 3 heteroatoms. The second-order valence-corrected chi connectivity index (χ2v) is 5.65. The predicted octanol–water partition coefficient (Wildman–Crippen LogP) is 4.43. The maximum absolute atomic E-state index is 11.9. The van der Waals surface area contributed by atoms with Crippen molar-refractivity contribution in [3.63, 3.8) is 0 Å². The second-order valence-electron chi connectivity index (χ2n) is 5.65. The van der Waals surface area contributed by atoms with E-state index < -0.39 is 0 Å². The van der Waals surface area contributed by atoms with Gasteiger partial charge in [0.1, 0.15) is 6.10 Å². The molecule has 0 saturated heterocycles. The van der Waals surface area contributed by atoms with E-state index in [-0.39, 0.29) is 12.2 Å². The van der Waals surface area contributed by atoms with Crippen molar-refractivity contribution < 1.29 is 9.53 Å². The lowest BCUT2D eigenvalue weighted by Crippen LogP contribution is -2.30. The molecule has 0 spiro atoms. The monoisotopic (exact) mass is 261 g/mol. The number of hydrogen-bond acceptors (Lipinski definition) is 2. The summed E-state index contributed by atoms with van der Waals surface area (Å²) in [5.74, 6) is 0.471. The van der Waals surface area contributed by atoms with E-state index in [0.717, 1.165) is 30.5 Å². The van der Waals surface area contributed by atoms with E-state index in [1.54, 1.807) is 0 Å². The number of anilines is 1. The summed E-state index contributed by atoms with van der Waals surface area (Å²) < 4.78 is 5.54. The minimum atomic E-state index is -0.328. The number of carbonyl (C=O) groups excluding carboxylic acids is 1. The van der Waals surface area contributed by atoms with Crippen LogP contribution in [-0.2, 0) is 4.74 Å². The van der Waals surface area contributed by atoms with Crippen LogP contribution in [0, 0.1) is 19.8 Å². The van der Waals surface area contributed by atoms with Gasteiger partial charge in [0.05, 0.1) is 0 Å². The molecule has 1 aromatic rings. The van der Waals surface area contributed by atoms with Crippen LogP contribution in [0.5, 0.6) is 0 Å². The average molecular weight is 261 g/mol. The Balaban J connectivity index is 1.93. The van der Waals surface area contributed by atoms with E-state index in [9.17, 15) is 4.79 Å². The lowest BCUT2D eigenvalue weighted by atomic mass is 9.88. The molecule has 1 aliphatic rings. The highest BCUT2D eigenvalue weighted by Crippen LogP contribution is 2.26. The van der Waals surface area contributed by atoms with Crippen LogP contribution in [0.25, 0.3) is 0 Å². The third-order valence-electron chi connectivity index (χ3n) is 3.91. The third-order valence-corrected chi connectivity index (χ3v) is 3.91. The van der Waals surface area contributed by atoms with Crippen molar-refractivity contribution in [3.8, 4) is 0 Å². The van der Waals surface area contributed by atoms with Crippen LogP contribution in [-0.4, -0.2) is 12.2 Å². The average Bonchev–Trinajstić information content (AvgIpc) is 2.36. The van der Waals surface area contributed by atoms with Crippen molar-refractivity contribution in [1.82, 2.24) is 0 Å². The normalized spacial score (nSPS) is 22.9. The second kappa shape index (κ2) is 6.09. The van der Waals surface area contributed by atoms with E-state index in [1.165, 1.54) is 12.0 Å². The Labute approximate surface area is 115 Å². The van der Waals surface area contributed by atoms with Gasteiger partial charge in [-0.1, -0.05) is 31.0 Å². The molecule has 0 aromatic heterocycles. The van der Waals surface area contributed by atoms with E-state index >= 15 is 0 Å². The van der Waals surface area contributed by atoms with E-state index in [4.69, 9.17) is 4.74 Å². The van der Waals surface area contributed by atoms with Gasteiger partial charge >= 0.3 is 6.09 Å². The quantitative estimate of drug-likeness (QED) is 0.855. The fraction of sp³-hybridized carbons (Fsp3) is 0.562. The van der Waals surface area contributed by atoms with Crippen LogP contribution in [0.15, 0.2) is 18.2 Å². The van der Waals surface area contributed by atoms with Crippen LogP contribution in [0.4, 0.5) is 10.5 Å². The zero-order chi connectivity index (χ0) is 13.8. The van der Waals surface area contributed by atoms with Crippen molar-refractivity contribution in [2.75, 3.05) is 5.32 Å². The summed E-state index contributed by atoms with van der Waals surface area (Å²) in [6.45, 7) is 6.19. The van der Waals surface area contributed by atoms with Gasteiger partial charge in [0, 0.05) is 5.69 Å². The van der Waals surface area contributed by atoms with Gasteiger partial charge < -0.3 is 4.74 Å². The van der Waals surface area contributed by atoms with E-state index in [2.05, 4.69) is 18.3 Å². The summed E-state index contributed by atoms with van der Waals surface area (Å²) in [4.78, 5) is 11.9. The highest BCUT2D eigenvalue weighted by molar-refractivity contribution is 5.85. The van der Waals surface area contributed by atoms with Gasteiger partial charge in [0.15, 0.2) is 0 Å². The summed E-state index contributed by atoms with van der Waals surface area (Å²) in [6.07, 6.45) is 4.29. The molecule has 0 aliphatic heterocycles. The molecule has 2 rings (SSSR count). The number of benzene rings is 1. The molecule has 1 N–H and O–H groups in total. The number of hydrogen-bond donors (Lipinski definition) is 1. The van der Waals surface area contributed by atoms with Crippen LogP contribution < -0.4 is 5.32 Å². The molecule has 1 aliphatic carbocycles. The largest absolute Gasteiger partial charge is 0.446 e. The molecule has 1 fully saturated rings. The first-order valence-electron chi connectivity index (χ1n) is 7.11. The number of amides is 1. The van der Waals surface area contributed by atoms with Crippen LogP contribution >= 0.6 is 0 Å². The van der Waals surface area contributed by atoms with Crippen molar-refractivity contribution in [2.45, 2.75) is 52.6 Å². The maximum atomic E-state index is 11.9. The Morgan fingerprint density at radius 3 is 2.68 bits per heavy atom. The molecule has 1 aromatic carbocycles. The minimum absolute atomic E-state index is 0.0690. The van der Waals surface area contributed by atoms with E-state index in [0.29, 0.717) is 5.92 Å². The Morgan fingerprint density at radius 2 is 2.00 bits per heavy atom. The molecule has 0 unspecified atom stereocenters. The number of rotatable bonds is 2. The number of nitrogens with one attached hydrogen (secondary N) is 1. The van der Waals surface area contributed by atoms with Gasteiger partial charge in [-0.05, 0) is 50.7 Å². The summed E-state index contributed by atoms with van der Waals surface area (Å²) >= 11 is 0. The van der Waals surface area contributed by atoms with E-state index in [1.807, 2.05) is 26.0 Å². The lowest BCUT2D eigenvalue weighted by molar-refractivity contribution is 0.0524. The molecule has 1 amide bonds. The molecule has 0 bridgehead atoms.